The predicted molar refractivity (Wildman–Crippen MR) is 102 cm³/mol. The number of aliphatic hydroxyl groups is 1. The van der Waals surface area contributed by atoms with E-state index in [2.05, 4.69) is 5.32 Å². The summed E-state index contributed by atoms with van der Waals surface area (Å²) >= 11 is 0. The maximum atomic E-state index is 12.9. The second kappa shape index (κ2) is 8.74. The lowest BCUT2D eigenvalue weighted by molar-refractivity contribution is -0.138. The molecule has 176 valence electrons. The largest absolute Gasteiger partial charge is 0.416 e. The molecule has 2 rings (SSSR count). The van der Waals surface area contributed by atoms with E-state index in [-0.39, 0.29) is 5.56 Å². The number of hydrogen-bond donors (Lipinski definition) is 2. The summed E-state index contributed by atoms with van der Waals surface area (Å²) < 4.78 is 100.0. The summed E-state index contributed by atoms with van der Waals surface area (Å²) in [7, 11) is -4.57. The van der Waals surface area contributed by atoms with Crippen LogP contribution in [0.4, 0.5) is 26.3 Å². The third-order valence-electron chi connectivity index (χ3n) is 4.77. The summed E-state index contributed by atoms with van der Waals surface area (Å²) in [5, 5.41) is 12.3. The Hall–Kier alpha value is -2.60. The first-order valence-corrected chi connectivity index (χ1v) is 10.5. The molecule has 32 heavy (non-hydrogen) atoms. The van der Waals surface area contributed by atoms with Crippen LogP contribution in [0.15, 0.2) is 53.4 Å². The van der Waals surface area contributed by atoms with E-state index in [0.29, 0.717) is 12.1 Å². The standard InChI is InChI=1S/C20H19F6NO4S/c1-18(2,32(30,31)15-5-3-4-14(10-15)20(24,25)26)17(29)27-11-16(28)12-6-8-13(9-7-12)19(21,22)23/h3-10,16,28H,11H2,1-2H3,(H,27,29). The smallest absolute Gasteiger partial charge is 0.387 e. The van der Waals surface area contributed by atoms with Crippen LogP contribution >= 0.6 is 0 Å². The average molecular weight is 483 g/mol. The Morgan fingerprint density at radius 1 is 0.938 bits per heavy atom. The van der Waals surface area contributed by atoms with Crippen molar-refractivity contribution in [3.05, 3.63) is 65.2 Å². The molecule has 2 aromatic rings. The van der Waals surface area contributed by atoms with Crippen molar-refractivity contribution in [3.8, 4) is 0 Å². The molecule has 0 aliphatic rings. The first-order chi connectivity index (χ1) is 14.5. The molecular weight excluding hydrogens is 464 g/mol. The number of amides is 1. The van der Waals surface area contributed by atoms with E-state index < -0.39 is 61.5 Å². The van der Waals surface area contributed by atoms with Crippen molar-refractivity contribution in [1.82, 2.24) is 5.32 Å². The molecule has 0 aliphatic heterocycles. The van der Waals surface area contributed by atoms with Crippen LogP contribution < -0.4 is 5.32 Å². The number of hydrogen-bond acceptors (Lipinski definition) is 4. The van der Waals surface area contributed by atoms with E-state index in [1.807, 2.05) is 0 Å². The number of rotatable bonds is 6. The number of carbonyl (C=O) groups excluding carboxylic acids is 1. The molecule has 0 radical (unpaired) electrons. The fourth-order valence-electron chi connectivity index (χ4n) is 2.67. The first-order valence-electron chi connectivity index (χ1n) is 9.03. The molecule has 0 saturated carbocycles. The zero-order valence-corrected chi connectivity index (χ0v) is 17.6. The van der Waals surface area contributed by atoms with E-state index in [0.717, 1.165) is 50.2 Å². The van der Waals surface area contributed by atoms with Gasteiger partial charge in [0.15, 0.2) is 9.84 Å². The number of carbonyl (C=O) groups is 1. The third kappa shape index (κ3) is 5.41. The Kier molecular flexibility index (Phi) is 7.01. The normalized spacial score (nSPS) is 14.2. The summed E-state index contributed by atoms with van der Waals surface area (Å²) in [5.74, 6) is -1.11. The van der Waals surface area contributed by atoms with Crippen LogP contribution in [0.2, 0.25) is 0 Å². The molecule has 0 spiro atoms. The second-order valence-electron chi connectivity index (χ2n) is 7.38. The number of benzene rings is 2. The van der Waals surface area contributed by atoms with Crippen molar-refractivity contribution >= 4 is 15.7 Å². The van der Waals surface area contributed by atoms with Gasteiger partial charge >= 0.3 is 12.4 Å². The van der Waals surface area contributed by atoms with Gasteiger partial charge in [-0.15, -0.1) is 0 Å². The van der Waals surface area contributed by atoms with Crippen molar-refractivity contribution in [1.29, 1.82) is 0 Å². The summed E-state index contributed by atoms with van der Waals surface area (Å²) in [6.45, 7) is 1.44. The van der Waals surface area contributed by atoms with Gasteiger partial charge < -0.3 is 10.4 Å². The Morgan fingerprint density at radius 3 is 1.97 bits per heavy atom. The van der Waals surface area contributed by atoms with Crippen molar-refractivity contribution in [2.75, 3.05) is 6.54 Å². The molecule has 2 N–H and O–H groups in total. The van der Waals surface area contributed by atoms with Gasteiger partial charge in [0.2, 0.25) is 5.91 Å². The van der Waals surface area contributed by atoms with Gasteiger partial charge in [0, 0.05) is 6.54 Å². The Balaban J connectivity index is 2.16. The van der Waals surface area contributed by atoms with Crippen LogP contribution in [0.1, 0.15) is 36.6 Å². The maximum Gasteiger partial charge on any atom is 0.416 e. The molecule has 0 saturated heterocycles. The van der Waals surface area contributed by atoms with Crippen LogP contribution in [0.3, 0.4) is 0 Å². The zero-order chi connectivity index (χ0) is 24.5. The summed E-state index contributed by atoms with van der Waals surface area (Å²) in [6, 6.07) is 6.42. The molecule has 0 bridgehead atoms. The summed E-state index contributed by atoms with van der Waals surface area (Å²) in [6.07, 6.45) is -10.8. The monoisotopic (exact) mass is 483 g/mol. The maximum absolute atomic E-state index is 12.9. The Morgan fingerprint density at radius 2 is 1.47 bits per heavy atom. The molecule has 0 aromatic heterocycles. The van der Waals surface area contributed by atoms with Crippen LogP contribution in [0, 0.1) is 0 Å². The lowest BCUT2D eigenvalue weighted by Crippen LogP contribution is -2.49. The quantitative estimate of drug-likeness (QED) is 0.606. The highest BCUT2D eigenvalue weighted by molar-refractivity contribution is 7.93. The molecule has 1 amide bonds. The minimum Gasteiger partial charge on any atom is -0.387 e. The Bertz CT molecular complexity index is 1080. The Labute approximate surface area is 180 Å². The van der Waals surface area contributed by atoms with Gasteiger partial charge in [-0.3, -0.25) is 4.79 Å². The SMILES string of the molecule is CC(C)(C(=O)NCC(O)c1ccc(C(F)(F)F)cc1)S(=O)(=O)c1cccc(C(F)(F)F)c1. The first kappa shape index (κ1) is 25.7. The average Bonchev–Trinajstić information content (AvgIpc) is 2.70. The lowest BCUT2D eigenvalue weighted by atomic mass is 10.1. The van der Waals surface area contributed by atoms with Crippen molar-refractivity contribution in [2.24, 2.45) is 0 Å². The van der Waals surface area contributed by atoms with Gasteiger partial charge in [-0.1, -0.05) is 18.2 Å². The molecule has 12 heteroatoms. The minimum atomic E-state index is -4.79. The van der Waals surface area contributed by atoms with Crippen molar-refractivity contribution in [2.45, 2.75) is 41.9 Å². The van der Waals surface area contributed by atoms with E-state index in [9.17, 15) is 44.7 Å². The number of alkyl halides is 6. The lowest BCUT2D eigenvalue weighted by Gasteiger charge is -2.25. The van der Waals surface area contributed by atoms with Gasteiger partial charge in [0.05, 0.1) is 22.1 Å². The third-order valence-corrected chi connectivity index (χ3v) is 7.17. The highest BCUT2D eigenvalue weighted by Gasteiger charge is 2.44. The minimum absolute atomic E-state index is 0.0387. The summed E-state index contributed by atoms with van der Waals surface area (Å²) in [4.78, 5) is 11.8. The van der Waals surface area contributed by atoms with Crippen LogP contribution in [0.5, 0.6) is 0 Å². The fraction of sp³-hybridized carbons (Fsp3) is 0.350. The topological polar surface area (TPSA) is 83.5 Å². The second-order valence-corrected chi connectivity index (χ2v) is 9.88. The molecule has 1 atom stereocenters. The molecule has 1 unspecified atom stereocenters. The zero-order valence-electron chi connectivity index (χ0n) is 16.8. The van der Waals surface area contributed by atoms with E-state index in [1.165, 1.54) is 0 Å². The van der Waals surface area contributed by atoms with Crippen LogP contribution in [-0.2, 0) is 27.0 Å². The van der Waals surface area contributed by atoms with Gasteiger partial charge in [-0.2, -0.15) is 26.3 Å². The highest BCUT2D eigenvalue weighted by Crippen LogP contribution is 2.33. The molecule has 0 heterocycles. The summed E-state index contributed by atoms with van der Waals surface area (Å²) in [5.41, 5.74) is -2.10. The number of halogens is 6. The van der Waals surface area contributed by atoms with Gasteiger partial charge in [0.1, 0.15) is 4.75 Å². The molecule has 0 fully saturated rings. The van der Waals surface area contributed by atoms with E-state index in [4.69, 9.17) is 0 Å². The highest BCUT2D eigenvalue weighted by atomic mass is 32.2. The van der Waals surface area contributed by atoms with E-state index >= 15 is 0 Å². The molecule has 5 nitrogen and oxygen atoms in total. The van der Waals surface area contributed by atoms with Crippen LogP contribution in [-0.4, -0.2) is 30.7 Å². The number of aliphatic hydroxyl groups excluding tert-OH is 1. The van der Waals surface area contributed by atoms with E-state index in [1.54, 1.807) is 0 Å². The molecule has 2 aromatic carbocycles. The molecule has 0 aliphatic carbocycles. The predicted octanol–water partition coefficient (Wildman–Crippen LogP) is 4.13. The van der Waals surface area contributed by atoms with Gasteiger partial charge in [-0.25, -0.2) is 8.42 Å². The molecular formula is C20H19F6NO4S. The van der Waals surface area contributed by atoms with Gasteiger partial charge in [0.25, 0.3) is 0 Å². The van der Waals surface area contributed by atoms with Crippen molar-refractivity contribution in [3.63, 3.8) is 0 Å². The van der Waals surface area contributed by atoms with Crippen molar-refractivity contribution < 1.29 is 44.7 Å². The van der Waals surface area contributed by atoms with Gasteiger partial charge in [-0.05, 0) is 49.7 Å². The fourth-order valence-corrected chi connectivity index (χ4v) is 4.12. The number of sulfone groups is 1. The van der Waals surface area contributed by atoms with Crippen LogP contribution in [0.25, 0.3) is 0 Å². The number of nitrogens with one attached hydrogen (secondary N) is 1.